The summed E-state index contributed by atoms with van der Waals surface area (Å²) in [4.78, 5) is 0.342. The Morgan fingerprint density at radius 1 is 1.15 bits per heavy atom. The number of hydrogen-bond acceptors (Lipinski definition) is 2. The lowest BCUT2D eigenvalue weighted by molar-refractivity contribution is 0.331. The molecule has 1 aliphatic rings. The Balaban J connectivity index is 1.98. The summed E-state index contributed by atoms with van der Waals surface area (Å²) < 4.78 is 10.8. The average Bonchev–Trinajstić information content (AvgIpc) is 2.52. The van der Waals surface area contributed by atoms with Crippen molar-refractivity contribution in [3.63, 3.8) is 0 Å². The van der Waals surface area contributed by atoms with E-state index >= 15 is 0 Å². The van der Waals surface area contributed by atoms with Crippen molar-refractivity contribution in [1.29, 1.82) is 0 Å². The zero-order chi connectivity index (χ0) is 14.4. The molecule has 1 aromatic rings. The number of rotatable bonds is 6. The van der Waals surface area contributed by atoms with Crippen LogP contribution in [0.2, 0.25) is 0 Å². The highest BCUT2D eigenvalue weighted by Gasteiger charge is 2.18. The van der Waals surface area contributed by atoms with Gasteiger partial charge in [-0.05, 0) is 37.0 Å². The largest absolute Gasteiger partial charge is 0.497 e. The van der Waals surface area contributed by atoms with Crippen molar-refractivity contribution in [3.05, 3.63) is 23.8 Å². The normalized spacial score (nSPS) is 17.8. The van der Waals surface area contributed by atoms with Gasteiger partial charge in [-0.15, -0.1) is 0 Å². The fourth-order valence-electron chi connectivity index (χ4n) is 3.10. The molecule has 1 fully saturated rings. The molecule has 0 amide bonds. The lowest BCUT2D eigenvalue weighted by Crippen LogP contribution is -2.07. The van der Waals surface area contributed by atoms with Crippen LogP contribution in [0.5, 0.6) is 11.5 Å². The predicted molar refractivity (Wildman–Crippen MR) is 87.0 cm³/mol. The summed E-state index contributed by atoms with van der Waals surface area (Å²) in [5, 5.41) is 0. The highest BCUT2D eigenvalue weighted by Crippen LogP contribution is 2.39. The van der Waals surface area contributed by atoms with Crippen LogP contribution in [0.4, 0.5) is 0 Å². The van der Waals surface area contributed by atoms with Crippen LogP contribution < -0.4 is 9.47 Å². The average molecular weight is 341 g/mol. The molecule has 0 aliphatic heterocycles. The molecule has 20 heavy (non-hydrogen) atoms. The van der Waals surface area contributed by atoms with Crippen molar-refractivity contribution < 1.29 is 9.47 Å². The topological polar surface area (TPSA) is 18.5 Å². The van der Waals surface area contributed by atoms with Gasteiger partial charge in [-0.1, -0.05) is 48.0 Å². The first kappa shape index (κ1) is 15.7. The highest BCUT2D eigenvalue weighted by atomic mass is 79.9. The van der Waals surface area contributed by atoms with Gasteiger partial charge in [-0.25, -0.2) is 0 Å². The first-order valence-electron chi connectivity index (χ1n) is 7.60. The van der Waals surface area contributed by atoms with Gasteiger partial charge in [0.05, 0.1) is 14.2 Å². The molecule has 112 valence electrons. The summed E-state index contributed by atoms with van der Waals surface area (Å²) in [6.07, 6.45) is 9.55. The van der Waals surface area contributed by atoms with Crippen molar-refractivity contribution in [2.75, 3.05) is 14.2 Å². The quantitative estimate of drug-likeness (QED) is 0.636. The standard InChI is InChI=1S/C17H25BrO2/c1-19-14-9-11-17(20-2)15(12-14)16(18)10-8-13-6-4-3-5-7-13/h9,11-13,16H,3-8,10H2,1-2H3. The van der Waals surface area contributed by atoms with Crippen molar-refractivity contribution in [2.45, 2.75) is 49.8 Å². The highest BCUT2D eigenvalue weighted by molar-refractivity contribution is 9.09. The molecule has 3 heteroatoms. The molecule has 0 spiro atoms. The van der Waals surface area contributed by atoms with Gasteiger partial charge in [0.25, 0.3) is 0 Å². The molecule has 0 N–H and O–H groups in total. The SMILES string of the molecule is COc1ccc(OC)c(C(Br)CCC2CCCCC2)c1. The van der Waals surface area contributed by atoms with Crippen LogP contribution in [0.3, 0.4) is 0 Å². The van der Waals surface area contributed by atoms with Crippen molar-refractivity contribution in [1.82, 2.24) is 0 Å². The van der Waals surface area contributed by atoms with Crippen LogP contribution in [-0.2, 0) is 0 Å². The first-order valence-corrected chi connectivity index (χ1v) is 8.52. The molecule has 0 saturated heterocycles. The van der Waals surface area contributed by atoms with Crippen LogP contribution >= 0.6 is 15.9 Å². The van der Waals surface area contributed by atoms with E-state index < -0.39 is 0 Å². The molecular formula is C17H25BrO2. The second-order valence-electron chi connectivity index (χ2n) is 5.66. The van der Waals surface area contributed by atoms with Gasteiger partial charge in [-0.2, -0.15) is 0 Å². The Bertz CT molecular complexity index is 413. The second-order valence-corrected chi connectivity index (χ2v) is 6.76. The molecule has 1 aliphatic carbocycles. The fourth-order valence-corrected chi connectivity index (χ4v) is 3.72. The lowest BCUT2D eigenvalue weighted by Gasteiger charge is -2.23. The third-order valence-corrected chi connectivity index (χ3v) is 5.28. The molecule has 0 radical (unpaired) electrons. The third kappa shape index (κ3) is 4.15. The number of methoxy groups -OCH3 is 2. The van der Waals surface area contributed by atoms with E-state index in [1.165, 1.54) is 44.1 Å². The summed E-state index contributed by atoms with van der Waals surface area (Å²) in [5.41, 5.74) is 1.20. The molecule has 0 aromatic heterocycles. The molecular weight excluding hydrogens is 316 g/mol. The predicted octanol–water partition coefficient (Wildman–Crippen LogP) is 5.50. The number of halogens is 1. The smallest absolute Gasteiger partial charge is 0.123 e. The van der Waals surface area contributed by atoms with E-state index in [0.29, 0.717) is 4.83 Å². The fraction of sp³-hybridized carbons (Fsp3) is 0.647. The number of hydrogen-bond donors (Lipinski definition) is 0. The van der Waals surface area contributed by atoms with Crippen molar-refractivity contribution in [3.8, 4) is 11.5 Å². The minimum Gasteiger partial charge on any atom is -0.497 e. The number of alkyl halides is 1. The maximum Gasteiger partial charge on any atom is 0.123 e. The van der Waals surface area contributed by atoms with Gasteiger partial charge in [0.15, 0.2) is 0 Å². The first-order chi connectivity index (χ1) is 9.74. The second kappa shape index (κ2) is 7.92. The van der Waals surface area contributed by atoms with Gasteiger partial charge in [0.2, 0.25) is 0 Å². The Hall–Kier alpha value is -0.700. The molecule has 1 saturated carbocycles. The maximum atomic E-state index is 5.47. The van der Waals surface area contributed by atoms with Gasteiger partial charge < -0.3 is 9.47 Å². The molecule has 2 rings (SSSR count). The minimum absolute atomic E-state index is 0.342. The maximum absolute atomic E-state index is 5.47. The van der Waals surface area contributed by atoms with Crippen LogP contribution in [0, 0.1) is 5.92 Å². The van der Waals surface area contributed by atoms with Gasteiger partial charge in [-0.3, -0.25) is 0 Å². The summed E-state index contributed by atoms with van der Waals surface area (Å²) >= 11 is 3.83. The molecule has 0 heterocycles. The van der Waals surface area contributed by atoms with E-state index in [4.69, 9.17) is 9.47 Å². The number of benzene rings is 1. The van der Waals surface area contributed by atoms with Crippen LogP contribution in [0.1, 0.15) is 55.3 Å². The monoisotopic (exact) mass is 340 g/mol. The molecule has 1 atom stereocenters. The van der Waals surface area contributed by atoms with E-state index in [9.17, 15) is 0 Å². The molecule has 2 nitrogen and oxygen atoms in total. The van der Waals surface area contributed by atoms with Crippen LogP contribution in [-0.4, -0.2) is 14.2 Å². The zero-order valence-electron chi connectivity index (χ0n) is 12.5. The van der Waals surface area contributed by atoms with E-state index in [-0.39, 0.29) is 0 Å². The van der Waals surface area contributed by atoms with Crippen LogP contribution in [0.15, 0.2) is 18.2 Å². The Morgan fingerprint density at radius 2 is 1.90 bits per heavy atom. The Morgan fingerprint density at radius 3 is 2.55 bits per heavy atom. The summed E-state index contributed by atoms with van der Waals surface area (Å²) in [6, 6.07) is 6.02. The van der Waals surface area contributed by atoms with Gasteiger partial charge in [0.1, 0.15) is 11.5 Å². The zero-order valence-corrected chi connectivity index (χ0v) is 14.1. The van der Waals surface area contributed by atoms with E-state index in [0.717, 1.165) is 23.8 Å². The van der Waals surface area contributed by atoms with Gasteiger partial charge in [0, 0.05) is 10.4 Å². The lowest BCUT2D eigenvalue weighted by atomic mass is 9.85. The van der Waals surface area contributed by atoms with E-state index in [2.05, 4.69) is 22.0 Å². The molecule has 0 bridgehead atoms. The third-order valence-electron chi connectivity index (χ3n) is 4.33. The minimum atomic E-state index is 0.342. The number of ether oxygens (including phenoxy) is 2. The summed E-state index contributed by atoms with van der Waals surface area (Å²) in [6.45, 7) is 0. The molecule has 1 unspecified atom stereocenters. The summed E-state index contributed by atoms with van der Waals surface area (Å²) in [5.74, 6) is 2.75. The summed E-state index contributed by atoms with van der Waals surface area (Å²) in [7, 11) is 3.43. The van der Waals surface area contributed by atoms with Crippen LogP contribution in [0.25, 0.3) is 0 Å². The Kier molecular flexibility index (Phi) is 6.21. The van der Waals surface area contributed by atoms with E-state index in [1.54, 1.807) is 14.2 Å². The van der Waals surface area contributed by atoms with Crippen molar-refractivity contribution >= 4 is 15.9 Å². The van der Waals surface area contributed by atoms with Gasteiger partial charge >= 0.3 is 0 Å². The van der Waals surface area contributed by atoms with Crippen molar-refractivity contribution in [2.24, 2.45) is 5.92 Å². The molecule has 1 aromatic carbocycles. The van der Waals surface area contributed by atoms with E-state index in [1.807, 2.05) is 12.1 Å². The Labute approximate surface area is 131 Å².